The minimum absolute atomic E-state index is 0.257. The number of carbonyl (C=O) groups is 1. The van der Waals surface area contributed by atoms with Crippen LogP contribution in [0.4, 0.5) is 0 Å². The molecule has 0 aliphatic carbocycles. The Hall–Kier alpha value is -0.610. The van der Waals surface area contributed by atoms with Crippen molar-refractivity contribution in [2.75, 3.05) is 33.4 Å². The molecule has 0 radical (unpaired) electrons. The number of amides is 1. The lowest BCUT2D eigenvalue weighted by Gasteiger charge is -2.27. The summed E-state index contributed by atoms with van der Waals surface area (Å²) in [6.45, 7) is 3.26. The van der Waals surface area contributed by atoms with Crippen LogP contribution < -0.4 is 5.73 Å². The molecule has 100 valence electrons. The van der Waals surface area contributed by atoms with Crippen LogP contribution in [0, 0.1) is 5.92 Å². The Labute approximate surface area is 104 Å². The first-order valence-corrected chi connectivity index (χ1v) is 6.76. The molecule has 4 heteroatoms. The molecule has 0 spiro atoms. The minimum Gasteiger partial charge on any atom is -0.381 e. The second-order valence-electron chi connectivity index (χ2n) is 4.96. The summed E-state index contributed by atoms with van der Waals surface area (Å²) in [6.07, 6.45) is 6.01. The van der Waals surface area contributed by atoms with Crippen molar-refractivity contribution in [1.82, 2.24) is 4.90 Å². The number of carbonyl (C=O) groups excluding carboxylic acids is 1. The van der Waals surface area contributed by atoms with Gasteiger partial charge in [0.05, 0.1) is 6.61 Å². The summed E-state index contributed by atoms with van der Waals surface area (Å²) in [5, 5.41) is 0. The molecule has 2 N–H and O–H groups in total. The zero-order valence-electron chi connectivity index (χ0n) is 11.0. The van der Waals surface area contributed by atoms with Gasteiger partial charge in [0.15, 0.2) is 0 Å². The van der Waals surface area contributed by atoms with E-state index >= 15 is 0 Å². The largest absolute Gasteiger partial charge is 0.381 e. The van der Waals surface area contributed by atoms with E-state index in [1.807, 2.05) is 11.9 Å². The monoisotopic (exact) mass is 242 g/mol. The van der Waals surface area contributed by atoms with Crippen molar-refractivity contribution in [3.8, 4) is 0 Å². The predicted molar refractivity (Wildman–Crippen MR) is 68.7 cm³/mol. The molecule has 1 fully saturated rings. The Morgan fingerprint density at radius 1 is 1.41 bits per heavy atom. The predicted octanol–water partition coefficient (Wildman–Crippen LogP) is 1.39. The minimum atomic E-state index is 0.257. The number of unbranched alkanes of at least 4 members (excludes halogenated alkanes) is 2. The third kappa shape index (κ3) is 6.03. The van der Waals surface area contributed by atoms with Crippen LogP contribution in [0.5, 0.6) is 0 Å². The zero-order valence-corrected chi connectivity index (χ0v) is 11.0. The molecule has 1 saturated heterocycles. The lowest BCUT2D eigenvalue weighted by atomic mass is 10.0. The molecule has 0 aromatic carbocycles. The number of nitrogens with two attached hydrogens (primary N) is 1. The van der Waals surface area contributed by atoms with Crippen LogP contribution in [0.2, 0.25) is 0 Å². The second kappa shape index (κ2) is 8.48. The van der Waals surface area contributed by atoms with Gasteiger partial charge in [0.25, 0.3) is 0 Å². The smallest absolute Gasteiger partial charge is 0.222 e. The van der Waals surface area contributed by atoms with Crippen LogP contribution in [0.25, 0.3) is 0 Å². The van der Waals surface area contributed by atoms with Crippen molar-refractivity contribution in [1.29, 1.82) is 0 Å². The van der Waals surface area contributed by atoms with E-state index in [2.05, 4.69) is 0 Å². The first-order valence-electron chi connectivity index (χ1n) is 6.76. The average Bonchev–Trinajstić information content (AvgIpc) is 2.35. The van der Waals surface area contributed by atoms with E-state index in [9.17, 15) is 4.79 Å². The molecule has 1 aliphatic rings. The van der Waals surface area contributed by atoms with Gasteiger partial charge in [-0.1, -0.05) is 6.42 Å². The third-order valence-corrected chi connectivity index (χ3v) is 3.31. The molecular weight excluding hydrogens is 216 g/mol. The highest BCUT2D eigenvalue weighted by molar-refractivity contribution is 5.75. The SMILES string of the molecule is CN(CC1CCCOC1)C(=O)CCCCCN. The van der Waals surface area contributed by atoms with Gasteiger partial charge >= 0.3 is 0 Å². The van der Waals surface area contributed by atoms with E-state index in [0.717, 1.165) is 52.0 Å². The van der Waals surface area contributed by atoms with E-state index in [1.165, 1.54) is 6.42 Å². The molecule has 1 atom stereocenters. The summed E-state index contributed by atoms with van der Waals surface area (Å²) in [5.74, 6) is 0.786. The maximum atomic E-state index is 11.8. The van der Waals surface area contributed by atoms with E-state index in [4.69, 9.17) is 10.5 Å². The topological polar surface area (TPSA) is 55.6 Å². The molecule has 1 heterocycles. The maximum Gasteiger partial charge on any atom is 0.222 e. The summed E-state index contributed by atoms with van der Waals surface area (Å²) in [5.41, 5.74) is 5.42. The summed E-state index contributed by atoms with van der Waals surface area (Å²) in [4.78, 5) is 13.7. The van der Waals surface area contributed by atoms with Crippen LogP contribution >= 0.6 is 0 Å². The van der Waals surface area contributed by atoms with Gasteiger partial charge in [-0.15, -0.1) is 0 Å². The molecule has 4 nitrogen and oxygen atoms in total. The molecule has 1 amide bonds. The third-order valence-electron chi connectivity index (χ3n) is 3.31. The van der Waals surface area contributed by atoms with Crippen molar-refractivity contribution in [2.24, 2.45) is 11.7 Å². The fourth-order valence-electron chi connectivity index (χ4n) is 2.23. The first-order chi connectivity index (χ1) is 8.24. The van der Waals surface area contributed by atoms with Crippen LogP contribution in [-0.2, 0) is 9.53 Å². The average molecular weight is 242 g/mol. The Kier molecular flexibility index (Phi) is 7.21. The maximum absolute atomic E-state index is 11.8. The van der Waals surface area contributed by atoms with E-state index in [0.29, 0.717) is 12.3 Å². The summed E-state index contributed by atoms with van der Waals surface area (Å²) >= 11 is 0. The first kappa shape index (κ1) is 14.5. The molecule has 0 saturated carbocycles. The lowest BCUT2D eigenvalue weighted by molar-refractivity contribution is -0.131. The van der Waals surface area contributed by atoms with Crippen LogP contribution in [0.1, 0.15) is 38.5 Å². The van der Waals surface area contributed by atoms with Gasteiger partial charge in [-0.25, -0.2) is 0 Å². The molecule has 17 heavy (non-hydrogen) atoms. The molecule has 0 aromatic rings. The molecule has 1 rings (SSSR count). The van der Waals surface area contributed by atoms with E-state index < -0.39 is 0 Å². The zero-order chi connectivity index (χ0) is 12.5. The fourth-order valence-corrected chi connectivity index (χ4v) is 2.23. The van der Waals surface area contributed by atoms with Gasteiger partial charge in [0.2, 0.25) is 5.91 Å². The Balaban J connectivity index is 2.12. The highest BCUT2D eigenvalue weighted by atomic mass is 16.5. The number of hydrogen-bond acceptors (Lipinski definition) is 3. The summed E-state index contributed by atoms with van der Waals surface area (Å²) in [6, 6.07) is 0. The van der Waals surface area contributed by atoms with Gasteiger partial charge in [-0.2, -0.15) is 0 Å². The van der Waals surface area contributed by atoms with Gasteiger partial charge in [0, 0.05) is 26.6 Å². The molecule has 0 aromatic heterocycles. The highest BCUT2D eigenvalue weighted by Gasteiger charge is 2.18. The molecule has 1 aliphatic heterocycles. The number of rotatable bonds is 7. The van der Waals surface area contributed by atoms with Crippen molar-refractivity contribution in [3.63, 3.8) is 0 Å². The van der Waals surface area contributed by atoms with Gasteiger partial charge < -0.3 is 15.4 Å². The number of ether oxygens (including phenoxy) is 1. The normalized spacial score (nSPS) is 20.2. The second-order valence-corrected chi connectivity index (χ2v) is 4.96. The Morgan fingerprint density at radius 3 is 2.88 bits per heavy atom. The fraction of sp³-hybridized carbons (Fsp3) is 0.923. The standard InChI is InChI=1S/C13H26N2O2/c1-15(10-12-6-5-9-17-11-12)13(16)7-3-2-4-8-14/h12H,2-11,14H2,1H3. The van der Waals surface area contributed by atoms with Crippen LogP contribution in [-0.4, -0.2) is 44.2 Å². The van der Waals surface area contributed by atoms with Gasteiger partial charge in [0.1, 0.15) is 0 Å². The van der Waals surface area contributed by atoms with Crippen LogP contribution in [0.15, 0.2) is 0 Å². The molecule has 1 unspecified atom stereocenters. The van der Waals surface area contributed by atoms with E-state index in [1.54, 1.807) is 0 Å². The van der Waals surface area contributed by atoms with Crippen molar-refractivity contribution in [3.05, 3.63) is 0 Å². The van der Waals surface area contributed by atoms with E-state index in [-0.39, 0.29) is 5.91 Å². The summed E-state index contributed by atoms with van der Waals surface area (Å²) < 4.78 is 5.42. The Morgan fingerprint density at radius 2 is 2.24 bits per heavy atom. The quantitative estimate of drug-likeness (QED) is 0.686. The molecular formula is C13H26N2O2. The van der Waals surface area contributed by atoms with Crippen molar-refractivity contribution in [2.45, 2.75) is 38.5 Å². The highest BCUT2D eigenvalue weighted by Crippen LogP contribution is 2.15. The van der Waals surface area contributed by atoms with Crippen molar-refractivity contribution < 1.29 is 9.53 Å². The summed E-state index contributed by atoms with van der Waals surface area (Å²) in [7, 11) is 1.90. The Bertz CT molecular complexity index is 215. The number of nitrogens with zero attached hydrogens (tertiary/aromatic N) is 1. The molecule has 0 bridgehead atoms. The van der Waals surface area contributed by atoms with Gasteiger partial charge in [-0.3, -0.25) is 4.79 Å². The van der Waals surface area contributed by atoms with Gasteiger partial charge in [-0.05, 0) is 38.1 Å². The number of hydrogen-bond donors (Lipinski definition) is 1. The van der Waals surface area contributed by atoms with Crippen LogP contribution in [0.3, 0.4) is 0 Å². The van der Waals surface area contributed by atoms with Crippen molar-refractivity contribution >= 4 is 5.91 Å². The lowest BCUT2D eigenvalue weighted by Crippen LogP contribution is -2.34.